The van der Waals surface area contributed by atoms with Crippen LogP contribution >= 0.6 is 33.9 Å². The Morgan fingerprint density at radius 3 is 2.60 bits per heavy atom. The van der Waals surface area contributed by atoms with Gasteiger partial charge in [-0.25, -0.2) is 0 Å². The number of nitro groups is 1. The molecule has 1 N–H and O–H groups in total. The largest absolute Gasteiger partial charge is 0.373 e. The number of halogens is 1. The van der Waals surface area contributed by atoms with Crippen LogP contribution in [0.5, 0.6) is 0 Å². The van der Waals surface area contributed by atoms with Gasteiger partial charge < -0.3 is 5.32 Å². The molecule has 0 spiro atoms. The smallest absolute Gasteiger partial charge is 0.293 e. The molecule has 0 fully saturated rings. The van der Waals surface area contributed by atoms with Gasteiger partial charge in [-0.15, -0.1) is 11.3 Å². The molecule has 2 aromatic rings. The lowest BCUT2D eigenvalue weighted by Gasteiger charge is -2.15. The molecule has 0 amide bonds. The molecule has 6 heteroatoms. The summed E-state index contributed by atoms with van der Waals surface area (Å²) in [5, 5.41) is 14.4. The van der Waals surface area contributed by atoms with Crippen LogP contribution in [0.25, 0.3) is 0 Å². The number of rotatable bonds is 4. The van der Waals surface area contributed by atoms with Crippen molar-refractivity contribution < 1.29 is 4.92 Å². The summed E-state index contributed by atoms with van der Waals surface area (Å²) in [4.78, 5) is 13.3. The van der Waals surface area contributed by atoms with Gasteiger partial charge in [-0.3, -0.25) is 10.1 Å². The highest BCUT2D eigenvalue weighted by Gasteiger charge is 2.18. The summed E-state index contributed by atoms with van der Waals surface area (Å²) >= 11 is 3.82. The zero-order valence-electron chi connectivity index (χ0n) is 11.4. The molecule has 2 rings (SSSR count). The first kappa shape index (κ1) is 15.2. The van der Waals surface area contributed by atoms with Crippen molar-refractivity contribution in [2.24, 2.45) is 0 Å². The Bertz CT molecular complexity index is 655. The summed E-state index contributed by atoms with van der Waals surface area (Å²) in [5.74, 6) is 0. The van der Waals surface area contributed by atoms with Crippen LogP contribution in [0, 0.1) is 27.5 Å². The highest BCUT2D eigenvalue weighted by atomic mass is 127. The second kappa shape index (κ2) is 6.09. The quantitative estimate of drug-likeness (QED) is 0.442. The van der Waals surface area contributed by atoms with E-state index in [9.17, 15) is 10.1 Å². The van der Waals surface area contributed by atoms with E-state index < -0.39 is 0 Å². The molecule has 0 aliphatic rings. The predicted octanol–water partition coefficient (Wildman–Crippen LogP) is 5.05. The first-order chi connectivity index (χ1) is 9.38. The molecule has 0 radical (unpaired) electrons. The van der Waals surface area contributed by atoms with Crippen molar-refractivity contribution in [2.45, 2.75) is 26.8 Å². The van der Waals surface area contributed by atoms with E-state index in [0.29, 0.717) is 5.69 Å². The highest BCUT2D eigenvalue weighted by molar-refractivity contribution is 14.1. The van der Waals surface area contributed by atoms with Gasteiger partial charge in [0, 0.05) is 25.4 Å². The number of nitrogens with zero attached hydrogens (tertiary/aromatic N) is 1. The molecule has 20 heavy (non-hydrogen) atoms. The molecule has 0 saturated heterocycles. The number of aryl methyl sites for hydroxylation is 2. The van der Waals surface area contributed by atoms with Gasteiger partial charge in [-0.05, 0) is 67.1 Å². The average Bonchev–Trinajstić information content (AvgIpc) is 2.70. The van der Waals surface area contributed by atoms with Crippen LogP contribution in [-0.4, -0.2) is 4.92 Å². The molecule has 1 aromatic heterocycles. The lowest BCUT2D eigenvalue weighted by atomic mass is 10.1. The fourth-order valence-corrected chi connectivity index (χ4v) is 3.67. The summed E-state index contributed by atoms with van der Waals surface area (Å²) in [5.41, 5.74) is 1.87. The highest BCUT2D eigenvalue weighted by Crippen LogP contribution is 2.32. The van der Waals surface area contributed by atoms with Crippen LogP contribution < -0.4 is 5.32 Å². The summed E-state index contributed by atoms with van der Waals surface area (Å²) in [6, 6.07) is 7.40. The molecule has 0 saturated carbocycles. The van der Waals surface area contributed by atoms with Crippen LogP contribution in [0.15, 0.2) is 24.3 Å². The molecule has 0 aliphatic carbocycles. The van der Waals surface area contributed by atoms with Gasteiger partial charge in [0.1, 0.15) is 5.69 Å². The maximum absolute atomic E-state index is 11.1. The molecular weight excluding hydrogens is 387 g/mol. The van der Waals surface area contributed by atoms with Crippen molar-refractivity contribution in [3.8, 4) is 0 Å². The van der Waals surface area contributed by atoms with Crippen molar-refractivity contribution >= 4 is 45.3 Å². The molecule has 1 atom stereocenters. The molecule has 1 aromatic carbocycles. The summed E-state index contributed by atoms with van der Waals surface area (Å²) in [6.45, 7) is 6.17. The Morgan fingerprint density at radius 1 is 1.35 bits per heavy atom. The van der Waals surface area contributed by atoms with Gasteiger partial charge in [-0.1, -0.05) is 0 Å². The third kappa shape index (κ3) is 3.29. The van der Waals surface area contributed by atoms with Gasteiger partial charge in [0.05, 0.1) is 4.92 Å². The first-order valence-electron chi connectivity index (χ1n) is 6.16. The van der Waals surface area contributed by atoms with Crippen LogP contribution in [-0.2, 0) is 0 Å². The molecule has 4 nitrogen and oxygen atoms in total. The van der Waals surface area contributed by atoms with Gasteiger partial charge in [0.25, 0.3) is 5.69 Å². The number of hydrogen-bond donors (Lipinski definition) is 1. The summed E-state index contributed by atoms with van der Waals surface area (Å²) in [6.07, 6.45) is 0. The van der Waals surface area contributed by atoms with Crippen molar-refractivity contribution in [1.82, 2.24) is 0 Å². The molecule has 1 unspecified atom stereocenters. The van der Waals surface area contributed by atoms with Crippen LogP contribution in [0.2, 0.25) is 0 Å². The Balaban J connectivity index is 2.30. The van der Waals surface area contributed by atoms with E-state index in [2.05, 4.69) is 47.8 Å². The third-order valence-corrected chi connectivity index (χ3v) is 4.73. The van der Waals surface area contributed by atoms with Crippen molar-refractivity contribution in [3.05, 3.63) is 53.3 Å². The van der Waals surface area contributed by atoms with Gasteiger partial charge >= 0.3 is 0 Å². The van der Waals surface area contributed by atoms with E-state index in [0.717, 1.165) is 3.57 Å². The maximum Gasteiger partial charge on any atom is 0.293 e. The first-order valence-corrected chi connectivity index (χ1v) is 8.05. The number of hydrogen-bond acceptors (Lipinski definition) is 4. The zero-order chi connectivity index (χ0) is 14.9. The third-order valence-electron chi connectivity index (χ3n) is 3.07. The van der Waals surface area contributed by atoms with E-state index in [1.54, 1.807) is 23.5 Å². The zero-order valence-corrected chi connectivity index (χ0v) is 14.4. The van der Waals surface area contributed by atoms with E-state index >= 15 is 0 Å². The number of anilines is 1. The van der Waals surface area contributed by atoms with Crippen LogP contribution in [0.3, 0.4) is 0 Å². The SMILES string of the molecule is Cc1cc(C(C)Nc2ccc(I)cc2[N+](=O)[O-])c(C)s1. The van der Waals surface area contributed by atoms with E-state index in [1.807, 2.05) is 13.0 Å². The van der Waals surface area contributed by atoms with Crippen LogP contribution in [0.4, 0.5) is 11.4 Å². The van der Waals surface area contributed by atoms with E-state index in [1.165, 1.54) is 15.3 Å². The second-order valence-electron chi connectivity index (χ2n) is 4.65. The molecular formula is C14H15IN2O2S. The van der Waals surface area contributed by atoms with Gasteiger partial charge in [0.15, 0.2) is 0 Å². The Morgan fingerprint density at radius 2 is 2.05 bits per heavy atom. The van der Waals surface area contributed by atoms with E-state index in [-0.39, 0.29) is 16.7 Å². The lowest BCUT2D eigenvalue weighted by molar-refractivity contribution is -0.384. The number of benzene rings is 1. The molecule has 0 aliphatic heterocycles. The normalized spacial score (nSPS) is 12.2. The Kier molecular flexibility index (Phi) is 4.64. The monoisotopic (exact) mass is 402 g/mol. The Hall–Kier alpha value is -1.15. The number of nitro benzene ring substituents is 1. The minimum absolute atomic E-state index is 0.0405. The molecule has 106 valence electrons. The minimum atomic E-state index is -0.344. The fourth-order valence-electron chi connectivity index (χ4n) is 2.17. The Labute approximate surface area is 135 Å². The van der Waals surface area contributed by atoms with Gasteiger partial charge in [0.2, 0.25) is 0 Å². The standard InChI is InChI=1S/C14H15IN2O2S/c1-8-6-12(10(3)20-8)9(2)16-13-5-4-11(15)7-14(13)17(18)19/h4-7,9,16H,1-3H3. The van der Waals surface area contributed by atoms with Crippen molar-refractivity contribution in [1.29, 1.82) is 0 Å². The summed E-state index contributed by atoms with van der Waals surface area (Å²) < 4.78 is 0.857. The second-order valence-corrected chi connectivity index (χ2v) is 7.36. The fraction of sp³-hybridized carbons (Fsp3) is 0.286. The van der Waals surface area contributed by atoms with Crippen molar-refractivity contribution in [3.63, 3.8) is 0 Å². The minimum Gasteiger partial charge on any atom is -0.373 e. The maximum atomic E-state index is 11.1. The molecule has 1 heterocycles. The number of nitrogens with one attached hydrogen (secondary N) is 1. The predicted molar refractivity (Wildman–Crippen MR) is 91.6 cm³/mol. The van der Waals surface area contributed by atoms with Crippen molar-refractivity contribution in [2.75, 3.05) is 5.32 Å². The lowest BCUT2D eigenvalue weighted by Crippen LogP contribution is -2.08. The van der Waals surface area contributed by atoms with E-state index in [4.69, 9.17) is 0 Å². The van der Waals surface area contributed by atoms with Crippen LogP contribution in [0.1, 0.15) is 28.3 Å². The number of thiophene rings is 1. The average molecular weight is 402 g/mol. The topological polar surface area (TPSA) is 55.2 Å². The molecule has 0 bridgehead atoms. The van der Waals surface area contributed by atoms with Gasteiger partial charge in [-0.2, -0.15) is 0 Å². The summed E-state index contributed by atoms with van der Waals surface area (Å²) in [7, 11) is 0.